The van der Waals surface area contributed by atoms with Crippen molar-refractivity contribution in [1.82, 2.24) is 25.5 Å². The van der Waals surface area contributed by atoms with Gasteiger partial charge in [0.05, 0.1) is 54.5 Å². The number of piperidine rings is 2. The van der Waals surface area contributed by atoms with Crippen molar-refractivity contribution < 1.29 is 43.0 Å². The monoisotopic (exact) mass is 908 g/mol. The Morgan fingerprint density at radius 3 is 2.32 bits per heavy atom. The summed E-state index contributed by atoms with van der Waals surface area (Å²) in [4.78, 5) is 87.4. The van der Waals surface area contributed by atoms with E-state index in [-0.39, 0.29) is 46.8 Å². The fourth-order valence-corrected chi connectivity index (χ4v) is 8.08. The van der Waals surface area contributed by atoms with Gasteiger partial charge in [-0.3, -0.25) is 39.0 Å². The molecule has 0 spiro atoms. The van der Waals surface area contributed by atoms with E-state index in [1.165, 1.54) is 11.8 Å². The topological polar surface area (TPSA) is 263 Å². The van der Waals surface area contributed by atoms with Crippen molar-refractivity contribution in [3.63, 3.8) is 0 Å². The molecule has 3 aliphatic heterocycles. The number of benzene rings is 2. The molecular formula is C42H53ClN10O9S. The largest absolute Gasteiger partial charge is 0.385 e. The zero-order valence-corrected chi connectivity index (χ0v) is 36.6. The van der Waals surface area contributed by atoms with Gasteiger partial charge >= 0.3 is 0 Å². The third-order valence-electron chi connectivity index (χ3n) is 10.5. The first kappa shape index (κ1) is 47.1. The van der Waals surface area contributed by atoms with Crippen LogP contribution in [-0.2, 0) is 33.4 Å². The summed E-state index contributed by atoms with van der Waals surface area (Å²) in [5.41, 5.74) is 13.8. The van der Waals surface area contributed by atoms with Crippen LogP contribution in [0.25, 0.3) is 0 Å². The number of hydrogen-bond acceptors (Lipinski definition) is 16. The van der Waals surface area contributed by atoms with E-state index in [9.17, 15) is 28.8 Å². The van der Waals surface area contributed by atoms with Crippen molar-refractivity contribution >= 4 is 81.8 Å². The van der Waals surface area contributed by atoms with Gasteiger partial charge in [0.1, 0.15) is 23.3 Å². The van der Waals surface area contributed by atoms with Gasteiger partial charge < -0.3 is 46.5 Å². The van der Waals surface area contributed by atoms with Crippen LogP contribution in [-0.4, -0.2) is 128 Å². The minimum Gasteiger partial charge on any atom is -0.385 e. The summed E-state index contributed by atoms with van der Waals surface area (Å²) in [5.74, 6) is -2.15. The van der Waals surface area contributed by atoms with Crippen LogP contribution in [0.3, 0.4) is 0 Å². The Bertz CT molecular complexity index is 2170. The highest BCUT2D eigenvalue weighted by Crippen LogP contribution is 2.39. The van der Waals surface area contributed by atoms with Crippen LogP contribution in [0.2, 0.25) is 5.02 Å². The van der Waals surface area contributed by atoms with Gasteiger partial charge in [-0.05, 0) is 69.4 Å². The molecule has 2 aromatic carbocycles. The van der Waals surface area contributed by atoms with E-state index < -0.39 is 41.5 Å². The van der Waals surface area contributed by atoms with Crippen LogP contribution in [0.4, 0.5) is 23.0 Å². The molecule has 3 aromatic rings. The number of halogens is 1. The molecule has 8 N–H and O–H groups in total. The number of nitrogens with zero attached hydrogens (tertiary/aromatic N) is 4. The third-order valence-corrected chi connectivity index (χ3v) is 12.1. The van der Waals surface area contributed by atoms with Crippen molar-refractivity contribution in [3.8, 4) is 0 Å². The van der Waals surface area contributed by atoms with Crippen molar-refractivity contribution in [2.75, 3.05) is 87.1 Å². The quantitative estimate of drug-likeness (QED) is 0.0481. The minimum absolute atomic E-state index is 0.0630. The molecular weight excluding hydrogens is 856 g/mol. The van der Waals surface area contributed by atoms with Crippen LogP contribution in [0.15, 0.2) is 52.5 Å². The molecule has 0 aliphatic carbocycles. The molecule has 6 amide bonds. The van der Waals surface area contributed by atoms with Gasteiger partial charge in [-0.1, -0.05) is 29.4 Å². The second-order valence-electron chi connectivity index (χ2n) is 15.5. The zero-order chi connectivity index (χ0) is 44.9. The normalized spacial score (nSPS) is 17.1. The van der Waals surface area contributed by atoms with E-state index in [1.54, 1.807) is 42.6 Å². The Balaban J connectivity index is 0.763. The first-order valence-corrected chi connectivity index (χ1v) is 22.0. The number of aromatic nitrogens is 2. The second-order valence-corrected chi connectivity index (χ2v) is 16.9. The van der Waals surface area contributed by atoms with Crippen molar-refractivity contribution in [2.24, 2.45) is 5.73 Å². The molecule has 2 saturated heterocycles. The van der Waals surface area contributed by atoms with Crippen LogP contribution < -0.4 is 37.6 Å². The Kier molecular flexibility index (Phi) is 16.7. The van der Waals surface area contributed by atoms with Gasteiger partial charge in [0.2, 0.25) is 23.6 Å². The number of fused-ring (bicyclic) bond motifs is 1. The van der Waals surface area contributed by atoms with Crippen molar-refractivity contribution in [1.29, 1.82) is 0 Å². The standard InChI is InChI=1S/C42H53ClN10O9S/c1-42(45)11-15-52(16-12-42)32-25-48-39(37(44)50-32)63-31-6-2-5-29(36(31)43)49-35(56)24-34(55)47-14-4-18-61-20-22-62-21-19-60-17-3-13-46-26-7-8-27-28(23-26)41(59)53(40(27)58)30-9-10-33(54)51-38(30)57/h2,5-8,23,25,30,46H,3-4,9-22,24,45H2,1H3,(H2,44,50)(H,47,55)(H,49,56)(H,51,54,57). The Morgan fingerprint density at radius 2 is 1.62 bits per heavy atom. The van der Waals surface area contributed by atoms with Crippen LogP contribution in [0, 0.1) is 0 Å². The number of rotatable bonds is 22. The second kappa shape index (κ2) is 22.3. The molecule has 2 fully saturated rings. The Hall–Kier alpha value is -5.38. The number of nitrogens with two attached hydrogens (primary N) is 2. The maximum absolute atomic E-state index is 13.0. The summed E-state index contributed by atoms with van der Waals surface area (Å²) in [7, 11) is 0. The number of ether oxygens (including phenoxy) is 3. The SMILES string of the molecule is CC1(N)CCN(c2cnc(Sc3cccc(NC(=O)CC(=O)NCCCOCCOCCOCCCNc4ccc5c(c4)C(=O)N(C4CCC(=O)NC4=O)C5=O)c3Cl)c(N)n2)CC1. The van der Waals surface area contributed by atoms with Crippen molar-refractivity contribution in [2.45, 2.75) is 73.4 Å². The van der Waals surface area contributed by atoms with Gasteiger partial charge in [0.15, 0.2) is 5.82 Å². The Labute approximate surface area is 374 Å². The highest BCUT2D eigenvalue weighted by Gasteiger charge is 2.44. The molecule has 3 aliphatic rings. The number of anilines is 4. The molecule has 1 aromatic heterocycles. The van der Waals surface area contributed by atoms with Crippen LogP contribution >= 0.6 is 23.4 Å². The number of amides is 6. The van der Waals surface area contributed by atoms with Gasteiger partial charge in [-0.25, -0.2) is 9.97 Å². The minimum atomic E-state index is -1.01. The molecule has 338 valence electrons. The number of hydrogen-bond donors (Lipinski definition) is 6. The summed E-state index contributed by atoms with van der Waals surface area (Å²) in [6.45, 7) is 6.89. The fourth-order valence-electron chi connectivity index (χ4n) is 6.99. The Morgan fingerprint density at radius 1 is 0.937 bits per heavy atom. The average molecular weight is 909 g/mol. The van der Waals surface area contributed by atoms with Gasteiger partial charge in [0.25, 0.3) is 11.8 Å². The molecule has 1 atom stereocenters. The predicted molar refractivity (Wildman–Crippen MR) is 236 cm³/mol. The summed E-state index contributed by atoms with van der Waals surface area (Å²) < 4.78 is 16.7. The molecule has 1 unspecified atom stereocenters. The summed E-state index contributed by atoms with van der Waals surface area (Å²) in [6, 6.07) is 9.02. The number of imide groups is 2. The van der Waals surface area contributed by atoms with E-state index >= 15 is 0 Å². The number of carbonyl (C=O) groups excluding carboxylic acids is 6. The lowest BCUT2D eigenvalue weighted by atomic mass is 9.91. The molecule has 6 rings (SSSR count). The highest BCUT2D eigenvalue weighted by atomic mass is 35.5. The van der Waals surface area contributed by atoms with Crippen LogP contribution in [0.5, 0.6) is 0 Å². The van der Waals surface area contributed by atoms with Crippen molar-refractivity contribution in [3.05, 3.63) is 58.7 Å². The van der Waals surface area contributed by atoms with E-state index in [1.807, 2.05) is 6.92 Å². The zero-order valence-electron chi connectivity index (χ0n) is 35.0. The number of nitrogen functional groups attached to an aromatic ring is 1. The lowest BCUT2D eigenvalue weighted by Crippen LogP contribution is -2.54. The summed E-state index contributed by atoms with van der Waals surface area (Å²) in [6.07, 6.45) is 4.38. The smallest absolute Gasteiger partial charge is 0.262 e. The van der Waals surface area contributed by atoms with E-state index in [4.69, 9.17) is 37.3 Å². The van der Waals surface area contributed by atoms with Gasteiger partial charge in [0, 0.05) is 61.9 Å². The first-order valence-electron chi connectivity index (χ1n) is 20.8. The molecule has 0 saturated carbocycles. The number of nitrogens with one attached hydrogen (secondary N) is 4. The van der Waals surface area contributed by atoms with Crippen LogP contribution in [0.1, 0.15) is 72.6 Å². The molecule has 0 bridgehead atoms. The summed E-state index contributed by atoms with van der Waals surface area (Å²) in [5, 5.41) is 11.6. The van der Waals surface area contributed by atoms with E-state index in [0.29, 0.717) is 92.7 Å². The molecule has 19 nitrogen and oxygen atoms in total. The average Bonchev–Trinajstić information content (AvgIpc) is 3.49. The number of carbonyl (C=O) groups is 6. The molecule has 0 radical (unpaired) electrons. The first-order chi connectivity index (χ1) is 30.3. The molecule has 4 heterocycles. The maximum atomic E-state index is 13.0. The van der Waals surface area contributed by atoms with E-state index in [0.717, 1.165) is 30.8 Å². The summed E-state index contributed by atoms with van der Waals surface area (Å²) >= 11 is 7.86. The highest BCUT2D eigenvalue weighted by molar-refractivity contribution is 7.99. The molecule has 21 heteroatoms. The maximum Gasteiger partial charge on any atom is 0.262 e. The third kappa shape index (κ3) is 13.1. The van der Waals surface area contributed by atoms with Gasteiger partial charge in [-0.15, -0.1) is 0 Å². The van der Waals surface area contributed by atoms with E-state index in [2.05, 4.69) is 36.1 Å². The predicted octanol–water partition coefficient (Wildman–Crippen LogP) is 2.97. The van der Waals surface area contributed by atoms with Gasteiger partial charge in [-0.2, -0.15) is 0 Å². The molecule has 63 heavy (non-hydrogen) atoms. The fraction of sp³-hybridized carbons (Fsp3) is 0.476. The lowest BCUT2D eigenvalue weighted by molar-refractivity contribution is -0.136. The lowest BCUT2D eigenvalue weighted by Gasteiger charge is -2.37.